The first kappa shape index (κ1) is 14.1. The van der Waals surface area contributed by atoms with E-state index < -0.39 is 34.8 Å². The Kier molecular flexibility index (Phi) is 3.52. The van der Waals surface area contributed by atoms with E-state index in [4.69, 9.17) is 5.73 Å². The normalized spacial score (nSPS) is 10.7. The van der Waals surface area contributed by atoms with Crippen LogP contribution in [-0.4, -0.2) is 0 Å². The van der Waals surface area contributed by atoms with E-state index in [1.165, 1.54) is 6.07 Å². The van der Waals surface area contributed by atoms with Crippen LogP contribution in [0.4, 0.5) is 39.0 Å². The van der Waals surface area contributed by atoms with Crippen molar-refractivity contribution in [3.63, 3.8) is 0 Å². The molecule has 0 fully saturated rings. The van der Waals surface area contributed by atoms with Crippen molar-refractivity contribution in [1.82, 2.24) is 0 Å². The van der Waals surface area contributed by atoms with Crippen LogP contribution >= 0.6 is 0 Å². The predicted octanol–water partition coefficient (Wildman–Crippen LogP) is 4.02. The Morgan fingerprint density at radius 3 is 1.80 bits per heavy atom. The van der Waals surface area contributed by atoms with E-state index in [-0.39, 0.29) is 11.4 Å². The van der Waals surface area contributed by atoms with Gasteiger partial charge in [-0.05, 0) is 18.6 Å². The van der Waals surface area contributed by atoms with Gasteiger partial charge in [0, 0.05) is 0 Å². The molecule has 0 aromatic heterocycles. The highest BCUT2D eigenvalue weighted by molar-refractivity contribution is 5.76. The van der Waals surface area contributed by atoms with Crippen molar-refractivity contribution in [2.24, 2.45) is 0 Å². The lowest BCUT2D eigenvalue weighted by Gasteiger charge is -2.14. The molecule has 3 N–H and O–H groups in total. The van der Waals surface area contributed by atoms with Gasteiger partial charge in [0.1, 0.15) is 5.69 Å². The largest absolute Gasteiger partial charge is 0.397 e. The van der Waals surface area contributed by atoms with Crippen LogP contribution in [0.5, 0.6) is 0 Å². The molecule has 0 unspecified atom stereocenters. The number of benzene rings is 2. The van der Waals surface area contributed by atoms with Crippen molar-refractivity contribution < 1.29 is 22.0 Å². The standard InChI is InChI=1S/C13H9F5N2/c1-5-3-2-4-6(19)12(5)20-13-10(17)8(15)7(14)9(16)11(13)18/h2-4,20H,19H2,1H3. The Bertz CT molecular complexity index is 636. The van der Waals surface area contributed by atoms with Gasteiger partial charge in [0.25, 0.3) is 0 Å². The molecule has 0 radical (unpaired) electrons. The second-order valence-corrected chi connectivity index (χ2v) is 4.11. The molecule has 0 aliphatic rings. The quantitative estimate of drug-likeness (QED) is 0.379. The summed E-state index contributed by atoms with van der Waals surface area (Å²) in [5, 5.41) is 2.16. The third-order valence-electron chi connectivity index (χ3n) is 2.76. The first-order valence-corrected chi connectivity index (χ1v) is 5.48. The van der Waals surface area contributed by atoms with E-state index in [0.717, 1.165) is 0 Å². The average Bonchev–Trinajstić information content (AvgIpc) is 2.42. The highest BCUT2D eigenvalue weighted by atomic mass is 19.2. The molecule has 0 aliphatic heterocycles. The number of nitrogen functional groups attached to an aromatic ring is 1. The van der Waals surface area contributed by atoms with Gasteiger partial charge >= 0.3 is 0 Å². The second-order valence-electron chi connectivity index (χ2n) is 4.11. The summed E-state index contributed by atoms with van der Waals surface area (Å²) in [7, 11) is 0. The molecule has 2 rings (SSSR count). The van der Waals surface area contributed by atoms with Crippen LogP contribution in [0, 0.1) is 36.0 Å². The van der Waals surface area contributed by atoms with Crippen LogP contribution in [-0.2, 0) is 0 Å². The van der Waals surface area contributed by atoms with E-state index in [1.807, 2.05) is 0 Å². The van der Waals surface area contributed by atoms with E-state index >= 15 is 0 Å². The first-order valence-electron chi connectivity index (χ1n) is 5.48. The van der Waals surface area contributed by atoms with Crippen LogP contribution in [0.25, 0.3) is 0 Å². The second kappa shape index (κ2) is 4.99. The van der Waals surface area contributed by atoms with E-state index in [9.17, 15) is 22.0 Å². The summed E-state index contributed by atoms with van der Waals surface area (Å²) in [6.07, 6.45) is 0. The smallest absolute Gasteiger partial charge is 0.200 e. The minimum Gasteiger partial charge on any atom is -0.397 e. The van der Waals surface area contributed by atoms with Crippen LogP contribution in [0.1, 0.15) is 5.56 Å². The SMILES string of the molecule is Cc1cccc(N)c1Nc1c(F)c(F)c(F)c(F)c1F. The van der Waals surface area contributed by atoms with Gasteiger partial charge in [-0.25, -0.2) is 22.0 Å². The summed E-state index contributed by atoms with van der Waals surface area (Å²) in [6, 6.07) is 4.60. The molecular formula is C13H9F5N2. The maximum absolute atomic E-state index is 13.5. The van der Waals surface area contributed by atoms with Crippen LogP contribution in [0.2, 0.25) is 0 Å². The number of nitrogens with two attached hydrogens (primary N) is 1. The van der Waals surface area contributed by atoms with E-state index in [0.29, 0.717) is 5.56 Å². The minimum atomic E-state index is -2.21. The fourth-order valence-electron chi connectivity index (χ4n) is 1.70. The van der Waals surface area contributed by atoms with Crippen molar-refractivity contribution in [2.45, 2.75) is 6.92 Å². The molecule has 2 nitrogen and oxygen atoms in total. The lowest BCUT2D eigenvalue weighted by atomic mass is 10.1. The van der Waals surface area contributed by atoms with Gasteiger partial charge in [0.05, 0.1) is 11.4 Å². The summed E-state index contributed by atoms with van der Waals surface area (Å²) in [5.74, 6) is -10.1. The van der Waals surface area contributed by atoms with Crippen molar-refractivity contribution >= 4 is 17.1 Å². The Hall–Kier alpha value is -2.31. The number of nitrogens with one attached hydrogen (secondary N) is 1. The van der Waals surface area contributed by atoms with E-state index in [2.05, 4.69) is 5.32 Å². The highest BCUT2D eigenvalue weighted by Gasteiger charge is 2.26. The van der Waals surface area contributed by atoms with E-state index in [1.54, 1.807) is 19.1 Å². The molecule has 106 valence electrons. The maximum Gasteiger partial charge on any atom is 0.200 e. The molecule has 0 saturated carbocycles. The minimum absolute atomic E-state index is 0.0794. The summed E-state index contributed by atoms with van der Waals surface area (Å²) < 4.78 is 66.1. The maximum atomic E-state index is 13.5. The Morgan fingerprint density at radius 2 is 1.30 bits per heavy atom. The number of halogens is 5. The predicted molar refractivity (Wildman–Crippen MR) is 65.1 cm³/mol. The van der Waals surface area contributed by atoms with Gasteiger partial charge in [-0.3, -0.25) is 0 Å². The van der Waals surface area contributed by atoms with Crippen LogP contribution < -0.4 is 11.1 Å². The number of anilines is 3. The third kappa shape index (κ3) is 2.15. The number of hydrogen-bond acceptors (Lipinski definition) is 2. The lowest BCUT2D eigenvalue weighted by Crippen LogP contribution is -2.08. The molecule has 2 aromatic carbocycles. The third-order valence-corrected chi connectivity index (χ3v) is 2.76. The number of aryl methyl sites for hydroxylation is 1. The van der Waals surface area contributed by atoms with Crippen molar-refractivity contribution in [1.29, 1.82) is 0 Å². The Balaban J connectivity index is 2.61. The summed E-state index contributed by atoms with van der Waals surface area (Å²) in [4.78, 5) is 0. The highest BCUT2D eigenvalue weighted by Crippen LogP contribution is 2.32. The molecular weight excluding hydrogens is 279 g/mol. The fourth-order valence-corrected chi connectivity index (χ4v) is 1.70. The Labute approximate surface area is 111 Å². The summed E-state index contributed by atoms with van der Waals surface area (Å²) in [5.41, 5.74) is 5.16. The molecule has 0 aliphatic carbocycles. The molecule has 0 atom stereocenters. The summed E-state index contributed by atoms with van der Waals surface area (Å²) in [6.45, 7) is 1.57. The fraction of sp³-hybridized carbons (Fsp3) is 0.0769. The molecule has 0 heterocycles. The molecule has 20 heavy (non-hydrogen) atoms. The first-order chi connectivity index (χ1) is 9.34. The van der Waals surface area contributed by atoms with Crippen molar-refractivity contribution in [2.75, 3.05) is 11.1 Å². The molecule has 2 aromatic rings. The summed E-state index contributed by atoms with van der Waals surface area (Å²) >= 11 is 0. The molecule has 0 amide bonds. The van der Waals surface area contributed by atoms with Gasteiger partial charge in [-0.2, -0.15) is 0 Å². The number of hydrogen-bond donors (Lipinski definition) is 2. The molecule has 0 saturated heterocycles. The zero-order chi connectivity index (χ0) is 15.0. The van der Waals surface area contributed by atoms with Crippen molar-refractivity contribution in [3.05, 3.63) is 52.8 Å². The van der Waals surface area contributed by atoms with Crippen LogP contribution in [0.15, 0.2) is 18.2 Å². The monoisotopic (exact) mass is 288 g/mol. The zero-order valence-electron chi connectivity index (χ0n) is 10.2. The molecule has 7 heteroatoms. The zero-order valence-corrected chi connectivity index (χ0v) is 10.2. The van der Waals surface area contributed by atoms with Crippen LogP contribution in [0.3, 0.4) is 0 Å². The number of para-hydroxylation sites is 1. The van der Waals surface area contributed by atoms with Gasteiger partial charge in [-0.1, -0.05) is 12.1 Å². The van der Waals surface area contributed by atoms with Gasteiger partial charge < -0.3 is 11.1 Å². The van der Waals surface area contributed by atoms with Gasteiger partial charge in [0.15, 0.2) is 23.3 Å². The number of rotatable bonds is 2. The van der Waals surface area contributed by atoms with Crippen molar-refractivity contribution in [3.8, 4) is 0 Å². The lowest BCUT2D eigenvalue weighted by molar-refractivity contribution is 0.382. The van der Waals surface area contributed by atoms with Gasteiger partial charge in [-0.15, -0.1) is 0 Å². The average molecular weight is 288 g/mol. The van der Waals surface area contributed by atoms with Gasteiger partial charge in [0.2, 0.25) is 5.82 Å². The topological polar surface area (TPSA) is 38.0 Å². The Morgan fingerprint density at radius 1 is 0.800 bits per heavy atom. The molecule has 0 spiro atoms. The molecule has 0 bridgehead atoms.